The standard InChI is InChI=1S/C18H21F2N3/c1-23(2)18(22-13-14-6-4-3-5-7-14)21-9-8-15-10-16(19)12-17(20)11-15/h3-7,10-12H,8-9,13H2,1-2H3,(H,21,22). The van der Waals surface area contributed by atoms with Gasteiger partial charge in [0, 0.05) is 26.7 Å². The Hall–Kier alpha value is -2.43. The van der Waals surface area contributed by atoms with Crippen molar-refractivity contribution in [2.75, 3.05) is 20.6 Å². The van der Waals surface area contributed by atoms with Gasteiger partial charge in [-0.15, -0.1) is 0 Å². The molecule has 0 saturated heterocycles. The van der Waals surface area contributed by atoms with Gasteiger partial charge in [0.1, 0.15) is 11.6 Å². The lowest BCUT2D eigenvalue weighted by Gasteiger charge is -2.17. The Kier molecular flexibility index (Phi) is 6.09. The van der Waals surface area contributed by atoms with Crippen LogP contribution in [0.4, 0.5) is 8.78 Å². The van der Waals surface area contributed by atoms with Crippen LogP contribution in [-0.4, -0.2) is 31.5 Å². The van der Waals surface area contributed by atoms with Crippen LogP contribution in [0.2, 0.25) is 0 Å². The first-order valence-corrected chi connectivity index (χ1v) is 7.49. The van der Waals surface area contributed by atoms with Crippen molar-refractivity contribution >= 4 is 5.96 Å². The second-order valence-corrected chi connectivity index (χ2v) is 5.47. The smallest absolute Gasteiger partial charge is 0.193 e. The van der Waals surface area contributed by atoms with Gasteiger partial charge in [0.25, 0.3) is 0 Å². The molecule has 0 heterocycles. The monoisotopic (exact) mass is 317 g/mol. The van der Waals surface area contributed by atoms with Crippen molar-refractivity contribution in [3.8, 4) is 0 Å². The molecule has 0 radical (unpaired) electrons. The zero-order valence-electron chi connectivity index (χ0n) is 13.4. The number of benzene rings is 2. The molecule has 0 unspecified atom stereocenters. The van der Waals surface area contributed by atoms with Crippen molar-refractivity contribution in [1.29, 1.82) is 0 Å². The van der Waals surface area contributed by atoms with Crippen molar-refractivity contribution < 1.29 is 8.78 Å². The quantitative estimate of drug-likeness (QED) is 0.677. The summed E-state index contributed by atoms with van der Waals surface area (Å²) >= 11 is 0. The molecule has 0 fully saturated rings. The second kappa shape index (κ2) is 8.27. The molecule has 23 heavy (non-hydrogen) atoms. The summed E-state index contributed by atoms with van der Waals surface area (Å²) in [5.41, 5.74) is 1.75. The Morgan fingerprint density at radius 1 is 1.00 bits per heavy atom. The molecule has 2 aromatic rings. The maximum Gasteiger partial charge on any atom is 0.193 e. The number of rotatable bonds is 5. The highest BCUT2D eigenvalue weighted by atomic mass is 19.1. The Balaban J connectivity index is 1.92. The molecule has 0 amide bonds. The van der Waals surface area contributed by atoms with E-state index in [-0.39, 0.29) is 0 Å². The number of guanidine groups is 1. The Bertz CT molecular complexity index is 634. The number of nitrogens with one attached hydrogen (secondary N) is 1. The van der Waals surface area contributed by atoms with Gasteiger partial charge in [0.2, 0.25) is 0 Å². The molecule has 0 aliphatic carbocycles. The molecule has 1 N–H and O–H groups in total. The summed E-state index contributed by atoms with van der Waals surface area (Å²) < 4.78 is 26.3. The van der Waals surface area contributed by atoms with Gasteiger partial charge >= 0.3 is 0 Å². The van der Waals surface area contributed by atoms with Crippen LogP contribution in [0.25, 0.3) is 0 Å². The van der Waals surface area contributed by atoms with Gasteiger partial charge in [0.15, 0.2) is 5.96 Å². The highest BCUT2D eigenvalue weighted by Crippen LogP contribution is 2.08. The third-order valence-electron chi connectivity index (χ3n) is 3.30. The van der Waals surface area contributed by atoms with Gasteiger partial charge in [-0.2, -0.15) is 0 Å². The predicted octanol–water partition coefficient (Wildman–Crippen LogP) is 3.21. The van der Waals surface area contributed by atoms with Crippen LogP contribution < -0.4 is 5.32 Å². The van der Waals surface area contributed by atoms with Gasteiger partial charge in [-0.05, 0) is 29.7 Å². The highest BCUT2D eigenvalue weighted by molar-refractivity contribution is 5.79. The van der Waals surface area contributed by atoms with Crippen molar-refractivity contribution in [3.05, 3.63) is 71.3 Å². The lowest BCUT2D eigenvalue weighted by atomic mass is 10.1. The third kappa shape index (κ3) is 5.70. The zero-order chi connectivity index (χ0) is 16.7. The van der Waals surface area contributed by atoms with Crippen molar-refractivity contribution in [1.82, 2.24) is 10.2 Å². The minimum Gasteiger partial charge on any atom is -0.356 e. The largest absolute Gasteiger partial charge is 0.356 e. The zero-order valence-corrected chi connectivity index (χ0v) is 13.4. The van der Waals surface area contributed by atoms with Gasteiger partial charge < -0.3 is 10.2 Å². The molecule has 2 rings (SSSR count). The van der Waals surface area contributed by atoms with Crippen LogP contribution in [0.5, 0.6) is 0 Å². The fourth-order valence-electron chi connectivity index (χ4n) is 2.18. The summed E-state index contributed by atoms with van der Waals surface area (Å²) in [5.74, 6) is -0.359. The van der Waals surface area contributed by atoms with Gasteiger partial charge in [-0.1, -0.05) is 30.3 Å². The number of hydrogen-bond acceptors (Lipinski definition) is 1. The molecule has 0 spiro atoms. The van der Waals surface area contributed by atoms with Crippen LogP contribution in [0, 0.1) is 11.6 Å². The lowest BCUT2D eigenvalue weighted by Crippen LogP contribution is -2.37. The molecule has 0 saturated carbocycles. The first-order chi connectivity index (χ1) is 11.0. The molecule has 0 aromatic heterocycles. The summed E-state index contributed by atoms with van der Waals surface area (Å²) in [6.45, 7) is 1.13. The average molecular weight is 317 g/mol. The first-order valence-electron chi connectivity index (χ1n) is 7.49. The molecular weight excluding hydrogens is 296 g/mol. The first kappa shape index (κ1) is 16.9. The van der Waals surface area contributed by atoms with E-state index in [2.05, 4.69) is 10.3 Å². The molecule has 0 atom stereocenters. The summed E-state index contributed by atoms with van der Waals surface area (Å²) in [5, 5.41) is 3.21. The van der Waals surface area contributed by atoms with Crippen LogP contribution in [0.15, 0.2) is 53.5 Å². The fourth-order valence-corrected chi connectivity index (χ4v) is 2.18. The van der Waals surface area contributed by atoms with E-state index >= 15 is 0 Å². The van der Waals surface area contributed by atoms with Gasteiger partial charge in [-0.3, -0.25) is 0 Å². The molecule has 2 aromatic carbocycles. The van der Waals surface area contributed by atoms with E-state index in [1.165, 1.54) is 12.1 Å². The summed E-state index contributed by atoms with van der Waals surface area (Å²) in [7, 11) is 3.80. The topological polar surface area (TPSA) is 27.6 Å². The normalized spacial score (nSPS) is 11.4. The molecular formula is C18H21F2N3. The average Bonchev–Trinajstić information content (AvgIpc) is 2.50. The minimum atomic E-state index is -0.550. The third-order valence-corrected chi connectivity index (χ3v) is 3.30. The van der Waals surface area contributed by atoms with Crippen LogP contribution in [-0.2, 0) is 13.0 Å². The van der Waals surface area contributed by atoms with Crippen molar-refractivity contribution in [3.63, 3.8) is 0 Å². The van der Waals surface area contributed by atoms with E-state index < -0.39 is 11.6 Å². The summed E-state index contributed by atoms with van der Waals surface area (Å²) in [4.78, 5) is 6.43. The van der Waals surface area contributed by atoms with E-state index in [1.54, 1.807) is 0 Å². The van der Waals surface area contributed by atoms with Crippen molar-refractivity contribution in [2.45, 2.75) is 13.0 Å². The molecule has 3 nitrogen and oxygen atoms in total. The van der Waals surface area contributed by atoms with E-state index in [1.807, 2.05) is 49.3 Å². The van der Waals surface area contributed by atoms with Crippen molar-refractivity contribution in [2.24, 2.45) is 4.99 Å². The number of halogens is 2. The Morgan fingerprint density at radius 3 is 2.26 bits per heavy atom. The van der Waals surface area contributed by atoms with Crippen LogP contribution >= 0.6 is 0 Å². The van der Waals surface area contributed by atoms with Gasteiger partial charge in [-0.25, -0.2) is 13.8 Å². The molecule has 0 bridgehead atoms. The maximum absolute atomic E-state index is 13.2. The summed E-state index contributed by atoms with van der Waals surface area (Å²) in [6, 6.07) is 13.5. The fraction of sp³-hybridized carbons (Fsp3) is 0.278. The van der Waals surface area contributed by atoms with Crippen LogP contribution in [0.1, 0.15) is 11.1 Å². The highest BCUT2D eigenvalue weighted by Gasteiger charge is 2.04. The second-order valence-electron chi connectivity index (χ2n) is 5.47. The number of nitrogens with zero attached hydrogens (tertiary/aromatic N) is 2. The van der Waals surface area contributed by atoms with E-state index in [0.29, 0.717) is 25.1 Å². The van der Waals surface area contributed by atoms with E-state index in [4.69, 9.17) is 0 Å². The van der Waals surface area contributed by atoms with E-state index in [9.17, 15) is 8.78 Å². The Morgan fingerprint density at radius 2 is 1.65 bits per heavy atom. The minimum absolute atomic E-state index is 0.521. The number of hydrogen-bond donors (Lipinski definition) is 1. The lowest BCUT2D eigenvalue weighted by molar-refractivity contribution is 0.572. The predicted molar refractivity (Wildman–Crippen MR) is 89.3 cm³/mol. The van der Waals surface area contributed by atoms with Gasteiger partial charge in [0.05, 0.1) is 6.54 Å². The molecule has 0 aliphatic rings. The molecule has 5 heteroatoms. The maximum atomic E-state index is 13.2. The van der Waals surface area contributed by atoms with Crippen LogP contribution in [0.3, 0.4) is 0 Å². The molecule has 0 aliphatic heterocycles. The summed E-state index contributed by atoms with van der Waals surface area (Å²) in [6.07, 6.45) is 0.521. The SMILES string of the molecule is CN(C)C(=NCc1ccccc1)NCCc1cc(F)cc(F)c1. The molecule has 122 valence electrons. The van der Waals surface area contributed by atoms with E-state index in [0.717, 1.165) is 17.6 Å². The number of aliphatic imine (C=N–C) groups is 1. The Labute approximate surface area is 135 Å².